The van der Waals surface area contributed by atoms with Gasteiger partial charge in [-0.2, -0.15) is 5.10 Å². The van der Waals surface area contributed by atoms with E-state index in [4.69, 9.17) is 5.11 Å². The van der Waals surface area contributed by atoms with Crippen molar-refractivity contribution in [1.29, 1.82) is 0 Å². The summed E-state index contributed by atoms with van der Waals surface area (Å²) in [7, 11) is 1.87. The minimum Gasteiger partial charge on any atom is -0.481 e. The van der Waals surface area contributed by atoms with E-state index >= 15 is 0 Å². The van der Waals surface area contributed by atoms with E-state index in [0.717, 1.165) is 35.5 Å². The fourth-order valence-corrected chi connectivity index (χ4v) is 3.41. The third-order valence-corrected chi connectivity index (χ3v) is 5.33. The van der Waals surface area contributed by atoms with Crippen LogP contribution in [0.3, 0.4) is 0 Å². The van der Waals surface area contributed by atoms with Crippen LogP contribution in [-0.2, 0) is 11.2 Å². The highest BCUT2D eigenvalue weighted by atomic mass is 16.4. The van der Waals surface area contributed by atoms with Gasteiger partial charge in [0.05, 0.1) is 11.4 Å². The second kappa shape index (κ2) is 7.32. The molecule has 0 aliphatic heterocycles. The fourth-order valence-electron chi connectivity index (χ4n) is 3.41. The molecule has 6 nitrogen and oxygen atoms in total. The number of carbonyl (C=O) groups excluding carboxylic acids is 1. The van der Waals surface area contributed by atoms with Crippen molar-refractivity contribution in [1.82, 2.24) is 14.7 Å². The molecule has 0 atom stereocenters. The van der Waals surface area contributed by atoms with Crippen LogP contribution >= 0.6 is 0 Å². The zero-order valence-electron chi connectivity index (χ0n) is 15.5. The normalized spacial score (nSPS) is 14.1. The van der Waals surface area contributed by atoms with Crippen LogP contribution in [0.5, 0.6) is 0 Å². The SMILES string of the molecule is Cc1nn(-c2ccc(C(=O)N(C)C3CCC3)cc2)c(C)c1CCC(=O)O. The van der Waals surface area contributed by atoms with Crippen LogP contribution < -0.4 is 0 Å². The molecule has 0 unspecified atom stereocenters. The second-order valence-electron chi connectivity index (χ2n) is 7.00. The summed E-state index contributed by atoms with van der Waals surface area (Å²) < 4.78 is 1.82. The Hall–Kier alpha value is -2.63. The summed E-state index contributed by atoms with van der Waals surface area (Å²) in [5.41, 5.74) is 4.30. The molecule has 1 N–H and O–H groups in total. The molecule has 1 heterocycles. The summed E-state index contributed by atoms with van der Waals surface area (Å²) >= 11 is 0. The highest BCUT2D eigenvalue weighted by Gasteiger charge is 2.26. The number of carboxylic acids is 1. The van der Waals surface area contributed by atoms with E-state index in [9.17, 15) is 9.59 Å². The monoisotopic (exact) mass is 355 g/mol. The first-order chi connectivity index (χ1) is 12.4. The standard InChI is InChI=1S/C20H25N3O3/c1-13-18(11-12-19(24)25)14(2)23(21-13)17-9-7-15(8-10-17)20(26)22(3)16-5-4-6-16/h7-10,16H,4-6,11-12H2,1-3H3,(H,24,25). The molecule has 1 amide bonds. The van der Waals surface area contributed by atoms with E-state index in [1.807, 2.05) is 54.7 Å². The van der Waals surface area contributed by atoms with Gasteiger partial charge in [0.1, 0.15) is 0 Å². The predicted octanol–water partition coefficient (Wildman–Crippen LogP) is 3.13. The zero-order chi connectivity index (χ0) is 18.8. The highest BCUT2D eigenvalue weighted by molar-refractivity contribution is 5.94. The quantitative estimate of drug-likeness (QED) is 0.864. The maximum Gasteiger partial charge on any atom is 0.303 e. The van der Waals surface area contributed by atoms with Gasteiger partial charge in [0.2, 0.25) is 0 Å². The number of aromatic nitrogens is 2. The van der Waals surface area contributed by atoms with Crippen LogP contribution in [0.4, 0.5) is 0 Å². The number of hydrogen-bond acceptors (Lipinski definition) is 3. The number of benzene rings is 1. The van der Waals surface area contributed by atoms with Crippen LogP contribution in [0, 0.1) is 13.8 Å². The zero-order valence-corrected chi connectivity index (χ0v) is 15.5. The van der Waals surface area contributed by atoms with Crippen molar-refractivity contribution in [3.05, 3.63) is 46.8 Å². The second-order valence-corrected chi connectivity index (χ2v) is 7.00. The predicted molar refractivity (Wildman–Crippen MR) is 98.7 cm³/mol. The summed E-state index contributed by atoms with van der Waals surface area (Å²) in [6.07, 6.45) is 3.93. The van der Waals surface area contributed by atoms with E-state index < -0.39 is 5.97 Å². The van der Waals surface area contributed by atoms with E-state index in [2.05, 4.69) is 5.10 Å². The van der Waals surface area contributed by atoms with Gasteiger partial charge in [-0.25, -0.2) is 4.68 Å². The maximum absolute atomic E-state index is 12.5. The fraction of sp³-hybridized carbons (Fsp3) is 0.450. The van der Waals surface area contributed by atoms with Crippen molar-refractivity contribution in [2.45, 2.75) is 52.0 Å². The molecule has 1 aromatic carbocycles. The number of amides is 1. The van der Waals surface area contributed by atoms with E-state index in [1.165, 1.54) is 6.42 Å². The average Bonchev–Trinajstić information content (AvgIpc) is 2.85. The van der Waals surface area contributed by atoms with Crippen LogP contribution in [0.2, 0.25) is 0 Å². The van der Waals surface area contributed by atoms with Gasteiger partial charge in [0.25, 0.3) is 5.91 Å². The Bertz CT molecular complexity index is 820. The van der Waals surface area contributed by atoms with Crippen molar-refractivity contribution < 1.29 is 14.7 Å². The van der Waals surface area contributed by atoms with Gasteiger partial charge in [0.15, 0.2) is 0 Å². The van der Waals surface area contributed by atoms with Gasteiger partial charge < -0.3 is 10.0 Å². The number of rotatable bonds is 6. The molecule has 1 saturated carbocycles. The van der Waals surface area contributed by atoms with E-state index in [-0.39, 0.29) is 12.3 Å². The lowest BCUT2D eigenvalue weighted by atomic mass is 9.91. The summed E-state index contributed by atoms with van der Waals surface area (Å²) in [6.45, 7) is 3.84. The highest BCUT2D eigenvalue weighted by Crippen LogP contribution is 2.25. The third-order valence-electron chi connectivity index (χ3n) is 5.33. The Labute approximate surface area is 153 Å². The summed E-state index contributed by atoms with van der Waals surface area (Å²) in [6, 6.07) is 7.82. The van der Waals surface area contributed by atoms with E-state index in [1.54, 1.807) is 0 Å². The molecule has 2 aromatic rings. The van der Waals surface area contributed by atoms with E-state index in [0.29, 0.717) is 18.0 Å². The Kier molecular flexibility index (Phi) is 5.11. The van der Waals surface area contributed by atoms with Gasteiger partial charge >= 0.3 is 5.97 Å². The minimum atomic E-state index is -0.810. The smallest absolute Gasteiger partial charge is 0.303 e. The summed E-state index contributed by atoms with van der Waals surface area (Å²) in [4.78, 5) is 25.2. The molecule has 1 aromatic heterocycles. The molecular weight excluding hydrogens is 330 g/mol. The van der Waals surface area contributed by atoms with Gasteiger partial charge in [-0.05, 0) is 69.4 Å². The van der Waals surface area contributed by atoms with Crippen molar-refractivity contribution >= 4 is 11.9 Å². The van der Waals surface area contributed by atoms with Crippen molar-refractivity contribution in [2.75, 3.05) is 7.05 Å². The molecule has 0 radical (unpaired) electrons. The van der Waals surface area contributed by atoms with Gasteiger partial charge in [0, 0.05) is 30.8 Å². The third kappa shape index (κ3) is 3.49. The molecule has 1 fully saturated rings. The molecule has 0 bridgehead atoms. The Balaban J connectivity index is 1.79. The van der Waals surface area contributed by atoms with Crippen LogP contribution in [-0.4, -0.2) is 44.8 Å². The molecule has 6 heteroatoms. The average molecular weight is 355 g/mol. The molecule has 0 saturated heterocycles. The van der Waals surface area contributed by atoms with Gasteiger partial charge in [-0.3, -0.25) is 9.59 Å². The first-order valence-corrected chi connectivity index (χ1v) is 9.03. The largest absolute Gasteiger partial charge is 0.481 e. The lowest BCUT2D eigenvalue weighted by Crippen LogP contribution is -2.41. The summed E-state index contributed by atoms with van der Waals surface area (Å²) in [5.74, 6) is -0.758. The first-order valence-electron chi connectivity index (χ1n) is 9.03. The van der Waals surface area contributed by atoms with Crippen molar-refractivity contribution in [3.8, 4) is 5.69 Å². The van der Waals surface area contributed by atoms with Crippen LogP contribution in [0.15, 0.2) is 24.3 Å². The van der Waals surface area contributed by atoms with Gasteiger partial charge in [-0.15, -0.1) is 0 Å². The lowest BCUT2D eigenvalue weighted by molar-refractivity contribution is -0.136. The molecule has 1 aliphatic rings. The number of carboxylic acid groups (broad SMARTS) is 1. The minimum absolute atomic E-state index is 0.0526. The molecular formula is C20H25N3O3. The molecule has 1 aliphatic carbocycles. The Morgan fingerprint density at radius 2 is 1.88 bits per heavy atom. The number of nitrogens with zero attached hydrogens (tertiary/aromatic N) is 3. The number of aryl methyl sites for hydroxylation is 1. The number of carbonyl (C=O) groups is 2. The van der Waals surface area contributed by atoms with Crippen molar-refractivity contribution in [3.63, 3.8) is 0 Å². The Morgan fingerprint density at radius 3 is 2.42 bits per heavy atom. The topological polar surface area (TPSA) is 75.4 Å². The van der Waals surface area contributed by atoms with Crippen LogP contribution in [0.25, 0.3) is 5.69 Å². The van der Waals surface area contributed by atoms with Crippen LogP contribution in [0.1, 0.15) is 53.0 Å². The number of hydrogen-bond donors (Lipinski definition) is 1. The summed E-state index contributed by atoms with van der Waals surface area (Å²) in [5, 5.41) is 13.5. The molecule has 138 valence electrons. The maximum atomic E-state index is 12.5. The molecule has 0 spiro atoms. The number of aliphatic carboxylic acids is 1. The lowest BCUT2D eigenvalue weighted by Gasteiger charge is -2.34. The molecule has 26 heavy (non-hydrogen) atoms. The Morgan fingerprint density at radius 1 is 1.23 bits per heavy atom. The van der Waals surface area contributed by atoms with Gasteiger partial charge in [-0.1, -0.05) is 0 Å². The first kappa shape index (κ1) is 18.2. The van der Waals surface area contributed by atoms with Crippen molar-refractivity contribution in [2.24, 2.45) is 0 Å². The molecule has 3 rings (SSSR count).